The van der Waals surface area contributed by atoms with Crippen LogP contribution in [0.3, 0.4) is 0 Å². The molecule has 0 saturated heterocycles. The SMILES string of the molecule is CCCc1nnsc1C(=O)Nc1ccc(Oc2cc(-n3ccnc3)ncn2)cc1. The lowest BCUT2D eigenvalue weighted by Gasteiger charge is -2.08. The van der Waals surface area contributed by atoms with Crippen molar-refractivity contribution in [3.8, 4) is 17.4 Å². The topological polar surface area (TPSA) is 108 Å². The van der Waals surface area contributed by atoms with Crippen molar-refractivity contribution in [2.24, 2.45) is 0 Å². The molecule has 0 bridgehead atoms. The number of imidazole rings is 1. The van der Waals surface area contributed by atoms with Crippen molar-refractivity contribution >= 4 is 23.1 Å². The molecule has 1 aromatic carbocycles. The minimum absolute atomic E-state index is 0.210. The molecule has 4 aromatic rings. The molecule has 4 rings (SSSR count). The Morgan fingerprint density at radius 1 is 1.24 bits per heavy atom. The standard InChI is InChI=1S/C19H17N7O2S/c1-2-3-15-18(29-25-24-15)19(27)23-13-4-6-14(7-5-13)28-17-10-16(21-11-22-17)26-9-8-20-12-26/h4-12H,2-3H2,1H3,(H,23,27). The summed E-state index contributed by atoms with van der Waals surface area (Å²) >= 11 is 1.10. The van der Waals surface area contributed by atoms with Crippen molar-refractivity contribution in [3.63, 3.8) is 0 Å². The molecule has 0 unspecified atom stereocenters. The summed E-state index contributed by atoms with van der Waals surface area (Å²) in [6, 6.07) is 8.75. The number of carbonyl (C=O) groups is 1. The number of aryl methyl sites for hydroxylation is 1. The summed E-state index contributed by atoms with van der Waals surface area (Å²) < 4.78 is 11.4. The number of nitrogens with one attached hydrogen (secondary N) is 1. The number of aromatic nitrogens is 6. The Bertz CT molecular complexity index is 1090. The number of hydrogen-bond donors (Lipinski definition) is 1. The molecule has 0 atom stereocenters. The number of rotatable bonds is 7. The van der Waals surface area contributed by atoms with E-state index in [9.17, 15) is 4.79 Å². The molecule has 0 aliphatic carbocycles. The lowest BCUT2D eigenvalue weighted by molar-refractivity contribution is 0.102. The molecular weight excluding hydrogens is 390 g/mol. The van der Waals surface area contributed by atoms with E-state index in [0.29, 0.717) is 28.0 Å². The van der Waals surface area contributed by atoms with Gasteiger partial charge in [0.15, 0.2) is 0 Å². The van der Waals surface area contributed by atoms with E-state index in [-0.39, 0.29) is 5.91 Å². The van der Waals surface area contributed by atoms with Crippen LogP contribution in [0.25, 0.3) is 5.82 Å². The van der Waals surface area contributed by atoms with Crippen LogP contribution in [-0.2, 0) is 6.42 Å². The molecule has 0 spiro atoms. The van der Waals surface area contributed by atoms with Gasteiger partial charge >= 0.3 is 0 Å². The second kappa shape index (κ2) is 8.57. The van der Waals surface area contributed by atoms with Gasteiger partial charge in [0.1, 0.15) is 29.1 Å². The number of hydrogen-bond acceptors (Lipinski definition) is 8. The third-order valence-corrected chi connectivity index (χ3v) is 4.75. The van der Waals surface area contributed by atoms with Gasteiger partial charge in [-0.1, -0.05) is 17.8 Å². The van der Waals surface area contributed by atoms with E-state index in [1.807, 2.05) is 6.92 Å². The van der Waals surface area contributed by atoms with Gasteiger partial charge in [-0.05, 0) is 42.2 Å². The maximum Gasteiger partial charge on any atom is 0.269 e. The Morgan fingerprint density at radius 2 is 2.10 bits per heavy atom. The summed E-state index contributed by atoms with van der Waals surface area (Å²) in [5.41, 5.74) is 1.38. The Labute approximate surface area is 170 Å². The van der Waals surface area contributed by atoms with Crippen LogP contribution < -0.4 is 10.1 Å². The fourth-order valence-corrected chi connectivity index (χ4v) is 3.22. The smallest absolute Gasteiger partial charge is 0.269 e. The molecule has 1 N–H and O–H groups in total. The number of anilines is 1. The monoisotopic (exact) mass is 407 g/mol. The minimum atomic E-state index is -0.210. The second-order valence-electron chi connectivity index (χ2n) is 6.06. The van der Waals surface area contributed by atoms with E-state index < -0.39 is 0 Å². The van der Waals surface area contributed by atoms with E-state index in [4.69, 9.17) is 4.74 Å². The molecule has 0 fully saturated rings. The second-order valence-corrected chi connectivity index (χ2v) is 6.82. The first-order valence-electron chi connectivity index (χ1n) is 8.94. The maximum atomic E-state index is 12.5. The number of carbonyl (C=O) groups excluding carboxylic acids is 1. The molecule has 0 aliphatic rings. The first-order valence-corrected chi connectivity index (χ1v) is 9.71. The zero-order valence-corrected chi connectivity index (χ0v) is 16.3. The van der Waals surface area contributed by atoms with Crippen LogP contribution in [-0.4, -0.2) is 35.0 Å². The van der Waals surface area contributed by atoms with Crippen LogP contribution >= 0.6 is 11.5 Å². The summed E-state index contributed by atoms with van der Waals surface area (Å²) in [7, 11) is 0. The summed E-state index contributed by atoms with van der Waals surface area (Å²) in [4.78, 5) is 25.3. The van der Waals surface area contributed by atoms with Crippen LogP contribution in [0.4, 0.5) is 5.69 Å². The van der Waals surface area contributed by atoms with E-state index in [0.717, 1.165) is 30.1 Å². The van der Waals surface area contributed by atoms with Crippen molar-refractivity contribution in [2.75, 3.05) is 5.32 Å². The van der Waals surface area contributed by atoms with E-state index in [2.05, 4.69) is 29.9 Å². The average molecular weight is 407 g/mol. The normalized spacial score (nSPS) is 10.7. The highest BCUT2D eigenvalue weighted by atomic mass is 32.1. The van der Waals surface area contributed by atoms with Crippen LogP contribution in [0.2, 0.25) is 0 Å². The number of ether oxygens (including phenoxy) is 1. The first kappa shape index (κ1) is 18.7. The average Bonchev–Trinajstić information content (AvgIpc) is 3.42. The first-order chi connectivity index (χ1) is 14.2. The van der Waals surface area contributed by atoms with Gasteiger partial charge in [0.05, 0.1) is 5.69 Å². The Balaban J connectivity index is 1.42. The third-order valence-electron chi connectivity index (χ3n) is 3.98. The fraction of sp³-hybridized carbons (Fsp3) is 0.158. The van der Waals surface area contributed by atoms with Crippen LogP contribution in [0.5, 0.6) is 11.6 Å². The number of benzene rings is 1. The summed E-state index contributed by atoms with van der Waals surface area (Å²) in [5.74, 6) is 1.43. The molecule has 29 heavy (non-hydrogen) atoms. The number of amides is 1. The molecule has 9 nitrogen and oxygen atoms in total. The van der Waals surface area contributed by atoms with Crippen molar-refractivity contribution < 1.29 is 9.53 Å². The van der Waals surface area contributed by atoms with Crippen molar-refractivity contribution in [1.29, 1.82) is 0 Å². The maximum absolute atomic E-state index is 12.5. The van der Waals surface area contributed by atoms with Crippen LogP contribution in [0.1, 0.15) is 28.7 Å². The molecule has 146 valence electrons. The molecule has 0 aliphatic heterocycles. The molecular formula is C19H17N7O2S. The number of nitrogens with zero attached hydrogens (tertiary/aromatic N) is 6. The molecule has 10 heteroatoms. The Morgan fingerprint density at radius 3 is 2.86 bits per heavy atom. The largest absolute Gasteiger partial charge is 0.439 e. The van der Waals surface area contributed by atoms with Gasteiger partial charge < -0.3 is 10.1 Å². The van der Waals surface area contributed by atoms with Gasteiger partial charge in [-0.25, -0.2) is 15.0 Å². The zero-order chi connectivity index (χ0) is 20.1. The fourth-order valence-electron chi connectivity index (χ4n) is 2.62. The van der Waals surface area contributed by atoms with Crippen molar-refractivity contribution in [2.45, 2.75) is 19.8 Å². The predicted octanol–water partition coefficient (Wildman–Crippen LogP) is 3.51. The lowest BCUT2D eigenvalue weighted by Crippen LogP contribution is -2.12. The Kier molecular flexibility index (Phi) is 5.52. The van der Waals surface area contributed by atoms with E-state index >= 15 is 0 Å². The molecule has 0 radical (unpaired) electrons. The quantitative estimate of drug-likeness (QED) is 0.499. The van der Waals surface area contributed by atoms with Gasteiger partial charge in [0.2, 0.25) is 5.88 Å². The molecule has 1 amide bonds. The Hall–Kier alpha value is -3.66. The van der Waals surface area contributed by atoms with Crippen LogP contribution in [0.15, 0.2) is 55.4 Å². The van der Waals surface area contributed by atoms with Crippen molar-refractivity contribution in [1.82, 2.24) is 29.1 Å². The van der Waals surface area contributed by atoms with Crippen LogP contribution in [0, 0.1) is 0 Å². The molecule has 0 saturated carbocycles. The summed E-state index contributed by atoms with van der Waals surface area (Å²) in [6.45, 7) is 2.04. The highest BCUT2D eigenvalue weighted by Crippen LogP contribution is 2.23. The van der Waals surface area contributed by atoms with Crippen molar-refractivity contribution in [3.05, 3.63) is 66.0 Å². The molecule has 3 aromatic heterocycles. The highest BCUT2D eigenvalue weighted by molar-refractivity contribution is 7.08. The van der Waals surface area contributed by atoms with Gasteiger partial charge in [-0.15, -0.1) is 5.10 Å². The van der Waals surface area contributed by atoms with Gasteiger partial charge in [0, 0.05) is 24.1 Å². The minimum Gasteiger partial charge on any atom is -0.439 e. The van der Waals surface area contributed by atoms with Gasteiger partial charge in [0.25, 0.3) is 5.91 Å². The van der Waals surface area contributed by atoms with E-state index in [1.54, 1.807) is 53.6 Å². The third kappa shape index (κ3) is 4.43. The van der Waals surface area contributed by atoms with E-state index in [1.165, 1.54) is 6.33 Å². The predicted molar refractivity (Wildman–Crippen MR) is 108 cm³/mol. The van der Waals surface area contributed by atoms with Gasteiger partial charge in [-0.2, -0.15) is 0 Å². The highest BCUT2D eigenvalue weighted by Gasteiger charge is 2.15. The molecule has 3 heterocycles. The summed E-state index contributed by atoms with van der Waals surface area (Å²) in [6.07, 6.45) is 8.16. The lowest BCUT2D eigenvalue weighted by atomic mass is 10.2. The zero-order valence-electron chi connectivity index (χ0n) is 15.5. The summed E-state index contributed by atoms with van der Waals surface area (Å²) in [5, 5.41) is 6.89. The van der Waals surface area contributed by atoms with Gasteiger partial charge in [-0.3, -0.25) is 9.36 Å².